The first-order valence-electron chi connectivity index (χ1n) is 8.67. The molecule has 0 aliphatic carbocycles. The van der Waals surface area contributed by atoms with Gasteiger partial charge in [0.25, 0.3) is 0 Å². The number of nitrogens with zero attached hydrogens (tertiary/aromatic N) is 3. The molecule has 2 aromatic heterocycles. The molecule has 0 radical (unpaired) electrons. The molecule has 146 valence electrons. The molecule has 3 rings (SSSR count). The van der Waals surface area contributed by atoms with Gasteiger partial charge in [-0.25, -0.2) is 23.4 Å². The van der Waals surface area contributed by atoms with Crippen molar-refractivity contribution in [3.63, 3.8) is 0 Å². The average Bonchev–Trinajstić information content (AvgIpc) is 2.67. The van der Waals surface area contributed by atoms with Gasteiger partial charge in [-0.15, -0.1) is 0 Å². The Labute approximate surface area is 164 Å². The highest BCUT2D eigenvalue weighted by molar-refractivity contribution is 7.92. The lowest BCUT2D eigenvalue weighted by molar-refractivity contribution is 0.462. The summed E-state index contributed by atoms with van der Waals surface area (Å²) in [4.78, 5) is 12.7. The zero-order valence-corrected chi connectivity index (χ0v) is 16.4. The van der Waals surface area contributed by atoms with Crippen molar-refractivity contribution in [2.75, 3.05) is 16.3 Å². The second kappa shape index (κ2) is 8.66. The van der Waals surface area contributed by atoms with E-state index in [1.807, 2.05) is 12.1 Å². The van der Waals surface area contributed by atoms with E-state index in [2.05, 4.69) is 31.9 Å². The first-order valence-corrected chi connectivity index (χ1v) is 10.6. The Balaban J connectivity index is 1.61. The normalized spacial score (nSPS) is 11.1. The molecular weight excluding hydrogens is 378 g/mol. The van der Waals surface area contributed by atoms with Crippen LogP contribution in [-0.4, -0.2) is 29.6 Å². The van der Waals surface area contributed by atoms with Gasteiger partial charge in [-0.3, -0.25) is 4.72 Å². The number of ether oxygens (including phenoxy) is 1. The standard InChI is InChI=1S/C19H21N5O3S/c1-3-14-11-21-19(22-12-14)23-13-15-8-9-20-18(10-15)27-17-6-4-16(5-7-17)24-28(2,25)26/h4-12,24H,3,13H2,1-2H3,(H,21,22,23). The van der Waals surface area contributed by atoms with Crippen molar-refractivity contribution < 1.29 is 13.2 Å². The first-order chi connectivity index (χ1) is 13.4. The molecule has 9 heteroatoms. The topological polar surface area (TPSA) is 106 Å². The maximum atomic E-state index is 11.2. The van der Waals surface area contributed by atoms with Crippen LogP contribution in [0, 0.1) is 0 Å². The molecule has 8 nitrogen and oxygen atoms in total. The van der Waals surface area contributed by atoms with Crippen LogP contribution >= 0.6 is 0 Å². The summed E-state index contributed by atoms with van der Waals surface area (Å²) in [6.45, 7) is 2.58. The van der Waals surface area contributed by atoms with E-state index in [0.29, 0.717) is 29.8 Å². The minimum Gasteiger partial charge on any atom is -0.439 e. The highest BCUT2D eigenvalue weighted by Crippen LogP contribution is 2.22. The van der Waals surface area contributed by atoms with Crippen molar-refractivity contribution in [2.45, 2.75) is 19.9 Å². The minimum absolute atomic E-state index is 0.436. The third kappa shape index (κ3) is 5.92. The number of anilines is 2. The quantitative estimate of drug-likeness (QED) is 0.599. The predicted octanol–water partition coefficient (Wildman–Crippen LogP) is 3.21. The van der Waals surface area contributed by atoms with E-state index < -0.39 is 10.0 Å². The average molecular weight is 399 g/mol. The number of nitrogens with one attached hydrogen (secondary N) is 2. The molecule has 0 spiro atoms. The molecule has 0 saturated heterocycles. The molecule has 0 saturated carbocycles. The van der Waals surface area contributed by atoms with Gasteiger partial charge in [-0.05, 0) is 47.9 Å². The van der Waals surface area contributed by atoms with Crippen LogP contribution in [0.4, 0.5) is 11.6 Å². The lowest BCUT2D eigenvalue weighted by Gasteiger charge is -2.09. The Morgan fingerprint density at radius 3 is 2.36 bits per heavy atom. The summed E-state index contributed by atoms with van der Waals surface area (Å²) in [7, 11) is -3.31. The SMILES string of the molecule is CCc1cnc(NCc2ccnc(Oc3ccc(NS(C)(=O)=O)cc3)c2)nc1. The summed E-state index contributed by atoms with van der Waals surface area (Å²) in [6, 6.07) is 10.3. The fraction of sp³-hybridized carbons (Fsp3) is 0.211. The van der Waals surface area contributed by atoms with Crippen molar-refractivity contribution in [3.8, 4) is 11.6 Å². The molecule has 3 aromatic rings. The number of rotatable bonds is 8. The van der Waals surface area contributed by atoms with Gasteiger partial charge in [0.1, 0.15) is 5.75 Å². The number of hydrogen-bond donors (Lipinski definition) is 2. The van der Waals surface area contributed by atoms with Crippen LogP contribution in [-0.2, 0) is 23.0 Å². The van der Waals surface area contributed by atoms with Gasteiger partial charge in [0.15, 0.2) is 0 Å². The lowest BCUT2D eigenvalue weighted by atomic mass is 10.2. The maximum Gasteiger partial charge on any atom is 0.229 e. The second-order valence-electron chi connectivity index (χ2n) is 6.13. The van der Waals surface area contributed by atoms with Gasteiger partial charge < -0.3 is 10.1 Å². The van der Waals surface area contributed by atoms with Crippen LogP contribution in [0.3, 0.4) is 0 Å². The molecule has 0 bridgehead atoms. The Morgan fingerprint density at radius 1 is 1.00 bits per heavy atom. The van der Waals surface area contributed by atoms with E-state index in [9.17, 15) is 8.42 Å². The van der Waals surface area contributed by atoms with Gasteiger partial charge in [0.05, 0.1) is 6.26 Å². The van der Waals surface area contributed by atoms with Gasteiger partial charge in [-0.1, -0.05) is 6.92 Å². The third-order valence-electron chi connectivity index (χ3n) is 3.74. The van der Waals surface area contributed by atoms with Crippen molar-refractivity contribution in [3.05, 3.63) is 66.1 Å². The predicted molar refractivity (Wildman–Crippen MR) is 108 cm³/mol. The van der Waals surface area contributed by atoms with Crippen molar-refractivity contribution in [2.24, 2.45) is 0 Å². The van der Waals surface area contributed by atoms with Crippen LogP contribution in [0.1, 0.15) is 18.1 Å². The first kappa shape index (κ1) is 19.6. The number of pyridine rings is 1. The van der Waals surface area contributed by atoms with E-state index in [1.54, 1.807) is 42.9 Å². The third-order valence-corrected chi connectivity index (χ3v) is 4.35. The number of aryl methyl sites for hydroxylation is 1. The molecule has 0 fully saturated rings. The summed E-state index contributed by atoms with van der Waals surface area (Å²) >= 11 is 0. The number of benzene rings is 1. The fourth-order valence-electron chi connectivity index (χ4n) is 2.35. The van der Waals surface area contributed by atoms with Gasteiger partial charge in [0, 0.05) is 36.9 Å². The van der Waals surface area contributed by atoms with Crippen LogP contribution < -0.4 is 14.8 Å². The number of hydrogen-bond acceptors (Lipinski definition) is 7. The summed E-state index contributed by atoms with van der Waals surface area (Å²) in [5.74, 6) is 1.55. The smallest absolute Gasteiger partial charge is 0.229 e. The highest BCUT2D eigenvalue weighted by atomic mass is 32.2. The molecule has 0 aliphatic rings. The number of sulfonamides is 1. The summed E-state index contributed by atoms with van der Waals surface area (Å²) < 4.78 is 30.6. The molecule has 0 atom stereocenters. The lowest BCUT2D eigenvalue weighted by Crippen LogP contribution is -2.09. The summed E-state index contributed by atoms with van der Waals surface area (Å²) in [5, 5.41) is 3.16. The molecule has 0 aliphatic heterocycles. The molecule has 1 aromatic carbocycles. The van der Waals surface area contributed by atoms with E-state index >= 15 is 0 Å². The Morgan fingerprint density at radius 2 is 1.71 bits per heavy atom. The monoisotopic (exact) mass is 399 g/mol. The second-order valence-corrected chi connectivity index (χ2v) is 7.87. The molecule has 2 heterocycles. The molecule has 2 N–H and O–H groups in total. The Kier molecular flexibility index (Phi) is 6.05. The van der Waals surface area contributed by atoms with Crippen molar-refractivity contribution >= 4 is 21.7 Å². The molecular formula is C19H21N5O3S. The van der Waals surface area contributed by atoms with E-state index in [-0.39, 0.29) is 0 Å². The summed E-state index contributed by atoms with van der Waals surface area (Å²) in [6.07, 6.45) is 7.27. The minimum atomic E-state index is -3.31. The zero-order valence-electron chi connectivity index (χ0n) is 15.6. The van der Waals surface area contributed by atoms with Gasteiger partial charge in [0.2, 0.25) is 21.9 Å². The van der Waals surface area contributed by atoms with Crippen molar-refractivity contribution in [1.82, 2.24) is 15.0 Å². The van der Waals surface area contributed by atoms with E-state index in [4.69, 9.17) is 4.74 Å². The molecule has 0 amide bonds. The van der Waals surface area contributed by atoms with Crippen LogP contribution in [0.2, 0.25) is 0 Å². The molecule has 0 unspecified atom stereocenters. The van der Waals surface area contributed by atoms with E-state index in [0.717, 1.165) is 23.8 Å². The Hall–Kier alpha value is -3.20. The van der Waals surface area contributed by atoms with Crippen molar-refractivity contribution in [1.29, 1.82) is 0 Å². The largest absolute Gasteiger partial charge is 0.439 e. The fourth-order valence-corrected chi connectivity index (χ4v) is 2.92. The van der Waals surface area contributed by atoms with E-state index in [1.165, 1.54) is 0 Å². The number of aromatic nitrogens is 3. The highest BCUT2D eigenvalue weighted by Gasteiger charge is 2.05. The van der Waals surface area contributed by atoms with Crippen LogP contribution in [0.25, 0.3) is 0 Å². The molecule has 28 heavy (non-hydrogen) atoms. The van der Waals surface area contributed by atoms with Gasteiger partial charge in [-0.2, -0.15) is 0 Å². The Bertz CT molecular complexity index is 1020. The van der Waals surface area contributed by atoms with Crippen LogP contribution in [0.5, 0.6) is 11.6 Å². The maximum absolute atomic E-state index is 11.2. The van der Waals surface area contributed by atoms with Crippen LogP contribution in [0.15, 0.2) is 55.0 Å². The van der Waals surface area contributed by atoms with Gasteiger partial charge >= 0.3 is 0 Å². The summed E-state index contributed by atoms with van der Waals surface area (Å²) in [5.41, 5.74) is 2.52. The zero-order chi connectivity index (χ0) is 20.0.